The van der Waals surface area contributed by atoms with Crippen molar-refractivity contribution in [1.82, 2.24) is 15.5 Å². The number of hydrogen-bond acceptors (Lipinski definition) is 6. The average Bonchev–Trinajstić information content (AvgIpc) is 2.76. The molecule has 1 heterocycles. The van der Waals surface area contributed by atoms with E-state index in [9.17, 15) is 5.11 Å². The van der Waals surface area contributed by atoms with Gasteiger partial charge in [-0.1, -0.05) is 36.9 Å². The third-order valence-corrected chi connectivity index (χ3v) is 4.37. The topological polar surface area (TPSA) is 58.0 Å². The Labute approximate surface area is 111 Å². The lowest BCUT2D eigenvalue weighted by Gasteiger charge is -2.31. The van der Waals surface area contributed by atoms with Gasteiger partial charge in [0.25, 0.3) is 0 Å². The molecule has 1 atom stereocenters. The molecule has 0 aliphatic carbocycles. The predicted molar refractivity (Wildman–Crippen MR) is 73.6 cm³/mol. The van der Waals surface area contributed by atoms with Gasteiger partial charge in [-0.2, -0.15) is 0 Å². The highest BCUT2D eigenvalue weighted by atomic mass is 32.2. The molecule has 0 bridgehead atoms. The van der Waals surface area contributed by atoms with Crippen molar-refractivity contribution in [1.29, 1.82) is 0 Å². The lowest BCUT2D eigenvalue weighted by atomic mass is 9.96. The molecule has 0 radical (unpaired) electrons. The summed E-state index contributed by atoms with van der Waals surface area (Å²) in [6.45, 7) is 6.45. The number of aliphatic hydroxyl groups excluding tert-OH is 1. The first kappa shape index (κ1) is 14.9. The molecule has 0 aliphatic heterocycles. The molecule has 4 nitrogen and oxygen atoms in total. The van der Waals surface area contributed by atoms with E-state index in [-0.39, 0.29) is 12.1 Å². The van der Waals surface area contributed by atoms with Crippen LogP contribution in [0.2, 0.25) is 0 Å². The summed E-state index contributed by atoms with van der Waals surface area (Å²) in [5.41, 5.74) is 1.58. The normalized spacial score (nSPS) is 15.1. The van der Waals surface area contributed by atoms with Crippen LogP contribution in [0.25, 0.3) is 0 Å². The van der Waals surface area contributed by atoms with Crippen molar-refractivity contribution in [2.24, 2.45) is 0 Å². The number of nitrogens with zero attached hydrogens (tertiary/aromatic N) is 2. The largest absolute Gasteiger partial charge is 0.394 e. The highest BCUT2D eigenvalue weighted by Crippen LogP contribution is 2.22. The molecule has 1 unspecified atom stereocenters. The van der Waals surface area contributed by atoms with Gasteiger partial charge in [-0.15, -0.1) is 10.2 Å². The Hall–Kier alpha value is -0.170. The van der Waals surface area contributed by atoms with Crippen LogP contribution >= 0.6 is 23.1 Å². The van der Waals surface area contributed by atoms with Gasteiger partial charge in [0.15, 0.2) is 4.34 Å². The average molecular weight is 275 g/mol. The first-order valence-corrected chi connectivity index (χ1v) is 7.70. The standard InChI is InChI=1S/C11H21N3OS2/c1-9(2)13-11(3,7-15)5-4-6-16-10-14-12-8-17-10/h8-9,13,15H,4-7H2,1-3H3. The first-order valence-electron chi connectivity index (χ1n) is 5.83. The van der Waals surface area contributed by atoms with Crippen LogP contribution in [0.15, 0.2) is 9.85 Å². The molecule has 17 heavy (non-hydrogen) atoms. The van der Waals surface area contributed by atoms with Gasteiger partial charge >= 0.3 is 0 Å². The zero-order valence-corrected chi connectivity index (χ0v) is 12.3. The molecule has 0 amide bonds. The zero-order valence-electron chi connectivity index (χ0n) is 10.6. The Kier molecular flexibility index (Phi) is 6.40. The molecule has 1 aromatic rings. The van der Waals surface area contributed by atoms with Crippen LogP contribution in [0, 0.1) is 0 Å². The summed E-state index contributed by atoms with van der Waals surface area (Å²) in [4.78, 5) is 0. The molecule has 6 heteroatoms. The van der Waals surface area contributed by atoms with Crippen molar-refractivity contribution in [3.05, 3.63) is 5.51 Å². The summed E-state index contributed by atoms with van der Waals surface area (Å²) < 4.78 is 1.02. The van der Waals surface area contributed by atoms with Crippen LogP contribution in [0.3, 0.4) is 0 Å². The summed E-state index contributed by atoms with van der Waals surface area (Å²) in [6.07, 6.45) is 2.02. The molecule has 0 saturated carbocycles. The molecule has 2 N–H and O–H groups in total. The van der Waals surface area contributed by atoms with Gasteiger partial charge in [0.1, 0.15) is 5.51 Å². The molecular formula is C11H21N3OS2. The third kappa shape index (κ3) is 5.81. The van der Waals surface area contributed by atoms with Crippen LogP contribution < -0.4 is 5.32 Å². The van der Waals surface area contributed by atoms with Gasteiger partial charge in [0.05, 0.1) is 6.61 Å². The van der Waals surface area contributed by atoms with Crippen molar-refractivity contribution in [3.8, 4) is 0 Å². The monoisotopic (exact) mass is 275 g/mol. The highest BCUT2D eigenvalue weighted by Gasteiger charge is 2.23. The minimum atomic E-state index is -0.171. The van der Waals surface area contributed by atoms with E-state index >= 15 is 0 Å². The van der Waals surface area contributed by atoms with E-state index < -0.39 is 0 Å². The molecule has 0 aromatic carbocycles. The Morgan fingerprint density at radius 1 is 1.59 bits per heavy atom. The molecule has 0 fully saturated rings. The maximum absolute atomic E-state index is 9.43. The second kappa shape index (κ2) is 7.31. The van der Waals surface area contributed by atoms with E-state index in [0.29, 0.717) is 6.04 Å². The van der Waals surface area contributed by atoms with Gasteiger partial charge in [0, 0.05) is 17.3 Å². The van der Waals surface area contributed by atoms with Crippen LogP contribution in [-0.4, -0.2) is 39.2 Å². The van der Waals surface area contributed by atoms with E-state index in [1.165, 1.54) is 0 Å². The number of thioether (sulfide) groups is 1. The minimum Gasteiger partial charge on any atom is -0.394 e. The molecule has 1 rings (SSSR count). The van der Waals surface area contributed by atoms with Crippen molar-refractivity contribution >= 4 is 23.1 Å². The van der Waals surface area contributed by atoms with Crippen molar-refractivity contribution < 1.29 is 5.11 Å². The van der Waals surface area contributed by atoms with Gasteiger partial charge < -0.3 is 10.4 Å². The van der Waals surface area contributed by atoms with E-state index in [1.54, 1.807) is 28.6 Å². The van der Waals surface area contributed by atoms with Crippen LogP contribution in [-0.2, 0) is 0 Å². The Bertz CT molecular complexity index is 306. The van der Waals surface area contributed by atoms with Crippen LogP contribution in [0.5, 0.6) is 0 Å². The summed E-state index contributed by atoms with van der Waals surface area (Å²) >= 11 is 3.31. The summed E-state index contributed by atoms with van der Waals surface area (Å²) in [5, 5.41) is 20.6. The highest BCUT2D eigenvalue weighted by molar-refractivity contribution is 8.00. The smallest absolute Gasteiger partial charge is 0.174 e. The Morgan fingerprint density at radius 3 is 2.88 bits per heavy atom. The summed E-state index contributed by atoms with van der Waals surface area (Å²) in [6, 6.07) is 0.392. The maximum atomic E-state index is 9.43. The number of hydrogen-bond donors (Lipinski definition) is 2. The van der Waals surface area contributed by atoms with Crippen molar-refractivity contribution in [3.63, 3.8) is 0 Å². The zero-order chi connectivity index (χ0) is 12.7. The third-order valence-electron chi connectivity index (χ3n) is 2.42. The van der Waals surface area contributed by atoms with Gasteiger partial charge in [-0.3, -0.25) is 0 Å². The first-order chi connectivity index (χ1) is 8.06. The molecular weight excluding hydrogens is 254 g/mol. The second-order valence-electron chi connectivity index (χ2n) is 4.67. The van der Waals surface area contributed by atoms with E-state index in [1.807, 2.05) is 0 Å². The molecule has 0 saturated heterocycles. The molecule has 0 aliphatic rings. The summed E-state index contributed by atoms with van der Waals surface area (Å²) in [5.74, 6) is 1.02. The fraction of sp³-hybridized carbons (Fsp3) is 0.818. The van der Waals surface area contributed by atoms with Crippen LogP contribution in [0.4, 0.5) is 0 Å². The van der Waals surface area contributed by atoms with Crippen molar-refractivity contribution in [2.75, 3.05) is 12.4 Å². The fourth-order valence-electron chi connectivity index (χ4n) is 1.74. The molecule has 0 spiro atoms. The van der Waals surface area contributed by atoms with E-state index in [4.69, 9.17) is 0 Å². The Balaban J connectivity index is 2.23. The lowest BCUT2D eigenvalue weighted by molar-refractivity contribution is 0.156. The summed E-state index contributed by atoms with van der Waals surface area (Å²) in [7, 11) is 0. The quantitative estimate of drug-likeness (QED) is 0.562. The van der Waals surface area contributed by atoms with Gasteiger partial charge in [-0.25, -0.2) is 0 Å². The SMILES string of the molecule is CC(C)NC(C)(CO)CCCSc1nncs1. The molecule has 1 aromatic heterocycles. The minimum absolute atomic E-state index is 0.171. The van der Waals surface area contributed by atoms with E-state index in [2.05, 4.69) is 36.3 Å². The maximum Gasteiger partial charge on any atom is 0.174 e. The molecule has 98 valence electrons. The number of rotatable bonds is 8. The number of aromatic nitrogens is 2. The number of aliphatic hydroxyl groups is 1. The second-order valence-corrected chi connectivity index (χ2v) is 6.85. The van der Waals surface area contributed by atoms with E-state index in [0.717, 1.165) is 22.9 Å². The lowest BCUT2D eigenvalue weighted by Crippen LogP contribution is -2.49. The Morgan fingerprint density at radius 2 is 2.35 bits per heavy atom. The fourth-order valence-corrected chi connectivity index (χ4v) is 3.24. The van der Waals surface area contributed by atoms with Crippen molar-refractivity contribution in [2.45, 2.75) is 49.5 Å². The van der Waals surface area contributed by atoms with Gasteiger partial charge in [0.2, 0.25) is 0 Å². The predicted octanol–water partition coefficient (Wildman–Crippen LogP) is 2.16. The number of nitrogens with one attached hydrogen (secondary N) is 1. The van der Waals surface area contributed by atoms with Crippen LogP contribution in [0.1, 0.15) is 33.6 Å². The van der Waals surface area contributed by atoms with Gasteiger partial charge in [-0.05, 0) is 19.8 Å².